The van der Waals surface area contributed by atoms with Crippen molar-refractivity contribution in [2.45, 2.75) is 36.3 Å². The van der Waals surface area contributed by atoms with Crippen molar-refractivity contribution >= 4 is 26.6 Å². The second-order valence-corrected chi connectivity index (χ2v) is 10.7. The minimum absolute atomic E-state index is 0.214. The van der Waals surface area contributed by atoms with Crippen molar-refractivity contribution in [2.24, 2.45) is 5.92 Å². The normalized spacial score (nSPS) is 26.4. The summed E-state index contributed by atoms with van der Waals surface area (Å²) in [5.41, 5.74) is 3.92. The van der Waals surface area contributed by atoms with Gasteiger partial charge in [0.05, 0.1) is 11.0 Å². The van der Waals surface area contributed by atoms with E-state index in [1.165, 1.54) is 0 Å². The number of sulfonamides is 1. The molecule has 6 rings (SSSR count). The highest BCUT2D eigenvalue weighted by Gasteiger charge is 2.44. The summed E-state index contributed by atoms with van der Waals surface area (Å²) in [6, 6.07) is 16.0. The number of nitrogens with zero attached hydrogens (tertiary/aromatic N) is 2. The van der Waals surface area contributed by atoms with E-state index in [2.05, 4.69) is 22.0 Å². The zero-order valence-corrected chi connectivity index (χ0v) is 17.5. The lowest BCUT2D eigenvalue weighted by Crippen LogP contribution is -2.42. The van der Waals surface area contributed by atoms with Gasteiger partial charge in [0, 0.05) is 59.4 Å². The number of piperidine rings is 1. The van der Waals surface area contributed by atoms with Crippen LogP contribution in [0.3, 0.4) is 0 Å². The Labute approximate surface area is 176 Å². The van der Waals surface area contributed by atoms with Gasteiger partial charge < -0.3 is 15.0 Å². The summed E-state index contributed by atoms with van der Waals surface area (Å²) in [4.78, 5) is 6.19. The number of para-hydroxylation sites is 1. The van der Waals surface area contributed by atoms with Crippen LogP contribution in [-0.4, -0.2) is 54.6 Å². The molecule has 6 nitrogen and oxygen atoms in total. The van der Waals surface area contributed by atoms with Crippen LogP contribution in [0.15, 0.2) is 53.4 Å². The van der Waals surface area contributed by atoms with Gasteiger partial charge in [-0.15, -0.1) is 0 Å². The number of aromatic amines is 1. The third kappa shape index (κ3) is 2.72. The van der Waals surface area contributed by atoms with Crippen LogP contribution in [0, 0.1) is 5.92 Å². The number of hydrogen-bond donors (Lipinski definition) is 2. The SMILES string of the molecule is O=S(=O)(c1ccc(N2C[C@@H]3C[C@H]2C[C@@H]3O)c(-c2cc3ccccc3[nH]2)c1)N1CCC1. The lowest BCUT2D eigenvalue weighted by atomic mass is 10.0. The van der Waals surface area contributed by atoms with Crippen LogP contribution in [-0.2, 0) is 10.0 Å². The molecular weight excluding hydrogens is 398 g/mol. The largest absolute Gasteiger partial charge is 0.393 e. The van der Waals surface area contributed by atoms with Crippen molar-refractivity contribution in [3.05, 3.63) is 48.5 Å². The van der Waals surface area contributed by atoms with Crippen molar-refractivity contribution in [1.82, 2.24) is 9.29 Å². The van der Waals surface area contributed by atoms with Crippen molar-refractivity contribution in [3.8, 4) is 11.3 Å². The molecule has 2 N–H and O–H groups in total. The molecule has 2 saturated heterocycles. The first kappa shape index (κ1) is 18.4. The number of nitrogens with one attached hydrogen (secondary N) is 1. The third-order valence-corrected chi connectivity index (χ3v) is 8.95. The van der Waals surface area contributed by atoms with Gasteiger partial charge >= 0.3 is 0 Å². The Morgan fingerprint density at radius 1 is 1.03 bits per heavy atom. The summed E-state index contributed by atoms with van der Waals surface area (Å²) in [6.45, 7) is 2.01. The topological polar surface area (TPSA) is 76.6 Å². The van der Waals surface area contributed by atoms with E-state index < -0.39 is 10.0 Å². The number of aliphatic hydroxyl groups excluding tert-OH is 1. The molecule has 0 unspecified atom stereocenters. The molecule has 2 aromatic carbocycles. The van der Waals surface area contributed by atoms with E-state index in [1.807, 2.05) is 30.3 Å². The average molecular weight is 424 g/mol. The van der Waals surface area contributed by atoms with E-state index in [-0.39, 0.29) is 6.10 Å². The van der Waals surface area contributed by atoms with E-state index in [0.29, 0.717) is 29.9 Å². The zero-order valence-electron chi connectivity index (χ0n) is 16.7. The van der Waals surface area contributed by atoms with Crippen LogP contribution in [0.5, 0.6) is 0 Å². The number of benzene rings is 2. The van der Waals surface area contributed by atoms with Gasteiger partial charge in [-0.3, -0.25) is 0 Å². The Morgan fingerprint density at radius 2 is 1.87 bits per heavy atom. The lowest BCUT2D eigenvalue weighted by molar-refractivity contribution is 0.127. The highest BCUT2D eigenvalue weighted by atomic mass is 32.2. The third-order valence-electron chi connectivity index (χ3n) is 7.05. The van der Waals surface area contributed by atoms with Crippen molar-refractivity contribution < 1.29 is 13.5 Å². The summed E-state index contributed by atoms with van der Waals surface area (Å²) >= 11 is 0. The van der Waals surface area contributed by atoms with Gasteiger partial charge in [-0.25, -0.2) is 8.42 Å². The number of H-pyrrole nitrogens is 1. The number of aromatic nitrogens is 1. The summed E-state index contributed by atoms with van der Waals surface area (Å²) in [7, 11) is -3.46. The summed E-state index contributed by atoms with van der Waals surface area (Å²) < 4.78 is 27.6. The molecule has 0 radical (unpaired) electrons. The Hall–Kier alpha value is -2.35. The maximum Gasteiger partial charge on any atom is 0.243 e. The fourth-order valence-electron chi connectivity index (χ4n) is 5.26. The molecule has 2 bridgehead atoms. The lowest BCUT2D eigenvalue weighted by Gasteiger charge is -2.33. The second-order valence-electron chi connectivity index (χ2n) is 8.81. The number of rotatable bonds is 4. The summed E-state index contributed by atoms with van der Waals surface area (Å²) in [6.07, 6.45) is 2.49. The quantitative estimate of drug-likeness (QED) is 0.676. The first-order valence-corrected chi connectivity index (χ1v) is 12.1. The molecule has 7 heteroatoms. The maximum absolute atomic E-state index is 13.0. The molecule has 3 aromatic rings. The molecular formula is C23H25N3O3S. The van der Waals surface area contributed by atoms with E-state index in [1.54, 1.807) is 10.4 Å². The van der Waals surface area contributed by atoms with E-state index >= 15 is 0 Å². The standard InChI is InChI=1S/C23H25N3O3S/c27-23-12-17-10-16(23)14-26(17)22-7-6-18(30(28,29)25-8-3-9-25)13-19(22)21-11-15-4-1-2-5-20(15)24-21/h1-2,4-7,11,13,16-17,23-24,27H,3,8-10,12,14H2/t16-,17-,23-/m0/s1. The van der Waals surface area contributed by atoms with Crippen molar-refractivity contribution in [2.75, 3.05) is 24.5 Å². The molecule has 3 heterocycles. The molecule has 2 aliphatic heterocycles. The van der Waals surface area contributed by atoms with E-state index in [0.717, 1.165) is 53.7 Å². The Morgan fingerprint density at radius 3 is 2.53 bits per heavy atom. The number of hydrogen-bond acceptors (Lipinski definition) is 4. The number of aliphatic hydroxyl groups is 1. The van der Waals surface area contributed by atoms with Gasteiger partial charge in [-0.2, -0.15) is 4.31 Å². The minimum atomic E-state index is -3.46. The predicted molar refractivity (Wildman–Crippen MR) is 117 cm³/mol. The average Bonchev–Trinajstić information content (AvgIpc) is 3.38. The number of fused-ring (bicyclic) bond motifs is 3. The highest BCUT2D eigenvalue weighted by Crippen LogP contribution is 2.44. The molecule has 30 heavy (non-hydrogen) atoms. The van der Waals surface area contributed by atoms with Crippen LogP contribution >= 0.6 is 0 Å². The minimum Gasteiger partial charge on any atom is -0.393 e. The Balaban J connectivity index is 1.49. The van der Waals surface area contributed by atoms with Gasteiger partial charge in [-0.05, 0) is 49.6 Å². The Bertz CT molecular complexity index is 1200. The zero-order chi connectivity index (χ0) is 20.5. The van der Waals surface area contributed by atoms with Crippen LogP contribution in [0.1, 0.15) is 19.3 Å². The first-order chi connectivity index (χ1) is 14.5. The number of anilines is 1. The molecule has 1 aliphatic carbocycles. The smallest absolute Gasteiger partial charge is 0.243 e. The fourth-order valence-corrected chi connectivity index (χ4v) is 6.80. The van der Waals surface area contributed by atoms with E-state index in [9.17, 15) is 13.5 Å². The van der Waals surface area contributed by atoms with Crippen LogP contribution in [0.25, 0.3) is 22.2 Å². The molecule has 156 valence electrons. The highest BCUT2D eigenvalue weighted by molar-refractivity contribution is 7.89. The van der Waals surface area contributed by atoms with Gasteiger partial charge in [0.15, 0.2) is 0 Å². The van der Waals surface area contributed by atoms with E-state index in [4.69, 9.17) is 0 Å². The second kappa shape index (κ2) is 6.57. The molecule has 1 aromatic heterocycles. The van der Waals surface area contributed by atoms with Gasteiger partial charge in [0.25, 0.3) is 0 Å². The molecule has 3 fully saturated rings. The summed E-state index contributed by atoms with van der Waals surface area (Å²) in [5, 5.41) is 11.3. The predicted octanol–water partition coefficient (Wildman–Crippen LogP) is 3.19. The van der Waals surface area contributed by atoms with Gasteiger partial charge in [0.2, 0.25) is 10.0 Å². The van der Waals surface area contributed by atoms with Gasteiger partial charge in [-0.1, -0.05) is 18.2 Å². The monoisotopic (exact) mass is 423 g/mol. The molecule has 3 atom stereocenters. The molecule has 0 amide bonds. The fraction of sp³-hybridized carbons (Fsp3) is 0.391. The molecule has 1 saturated carbocycles. The maximum atomic E-state index is 13.0. The van der Waals surface area contributed by atoms with Crippen molar-refractivity contribution in [3.63, 3.8) is 0 Å². The first-order valence-electron chi connectivity index (χ1n) is 10.7. The van der Waals surface area contributed by atoms with Crippen LogP contribution in [0.2, 0.25) is 0 Å². The van der Waals surface area contributed by atoms with Crippen LogP contribution in [0.4, 0.5) is 5.69 Å². The summed E-state index contributed by atoms with van der Waals surface area (Å²) in [5.74, 6) is 0.301. The van der Waals surface area contributed by atoms with Crippen LogP contribution < -0.4 is 4.90 Å². The van der Waals surface area contributed by atoms with Crippen molar-refractivity contribution in [1.29, 1.82) is 0 Å². The Kier molecular flexibility index (Phi) is 4.04. The van der Waals surface area contributed by atoms with Gasteiger partial charge in [0.1, 0.15) is 0 Å². The molecule has 3 aliphatic rings. The molecule has 0 spiro atoms.